The number of methoxy groups -OCH3 is 1. The number of ether oxygens (including phenoxy) is 1. The average Bonchev–Trinajstić information content (AvgIpc) is 2.46. The number of hydrogen-bond donors (Lipinski definition) is 1. The Kier molecular flexibility index (Phi) is 5.31. The molecule has 23 heavy (non-hydrogen) atoms. The summed E-state index contributed by atoms with van der Waals surface area (Å²) in [6.07, 6.45) is 2.27. The molecular weight excluding hydrogens is 316 g/mol. The molecule has 6 nitrogen and oxygen atoms in total. The molecule has 0 atom stereocenters. The number of aryl methyl sites for hydroxylation is 2. The van der Waals surface area contributed by atoms with Gasteiger partial charge in [0.25, 0.3) is 0 Å². The standard InChI is InChI=1S/C16H24N2O4S/c1-11-9-12(2)15(22-3)14(10-11)17-16(19)13-5-7-18(8-6-13)23(4,20)21/h9-10,13H,5-8H2,1-4H3,(H,17,19). The fraction of sp³-hybridized carbons (Fsp3) is 0.562. The lowest BCUT2D eigenvalue weighted by molar-refractivity contribution is -0.120. The summed E-state index contributed by atoms with van der Waals surface area (Å²) >= 11 is 0. The van der Waals surface area contributed by atoms with E-state index in [9.17, 15) is 13.2 Å². The van der Waals surface area contributed by atoms with Crippen LogP contribution in [0.1, 0.15) is 24.0 Å². The Morgan fingerprint density at radius 3 is 2.39 bits per heavy atom. The first-order valence-electron chi connectivity index (χ1n) is 7.63. The molecular formula is C16H24N2O4S. The number of nitrogens with one attached hydrogen (secondary N) is 1. The van der Waals surface area contributed by atoms with Gasteiger partial charge in [0.15, 0.2) is 0 Å². The first kappa shape index (κ1) is 17.7. The quantitative estimate of drug-likeness (QED) is 0.908. The molecule has 0 aliphatic carbocycles. The van der Waals surface area contributed by atoms with E-state index < -0.39 is 10.0 Å². The van der Waals surface area contributed by atoms with Gasteiger partial charge in [-0.15, -0.1) is 0 Å². The van der Waals surface area contributed by atoms with E-state index in [2.05, 4.69) is 5.32 Å². The van der Waals surface area contributed by atoms with Crippen LogP contribution in [-0.2, 0) is 14.8 Å². The summed E-state index contributed by atoms with van der Waals surface area (Å²) in [5.74, 6) is 0.400. The monoisotopic (exact) mass is 340 g/mol. The van der Waals surface area contributed by atoms with E-state index in [0.717, 1.165) is 11.1 Å². The smallest absolute Gasteiger partial charge is 0.227 e. The first-order valence-corrected chi connectivity index (χ1v) is 9.48. The second-order valence-corrected chi connectivity index (χ2v) is 8.07. The van der Waals surface area contributed by atoms with Crippen molar-refractivity contribution in [2.75, 3.05) is 31.8 Å². The van der Waals surface area contributed by atoms with Gasteiger partial charge >= 0.3 is 0 Å². The van der Waals surface area contributed by atoms with Crippen LogP contribution in [-0.4, -0.2) is 45.1 Å². The minimum atomic E-state index is -3.17. The molecule has 0 aromatic heterocycles. The number of amides is 1. The van der Waals surface area contributed by atoms with Crippen LogP contribution in [0.3, 0.4) is 0 Å². The molecule has 1 amide bonds. The van der Waals surface area contributed by atoms with Crippen molar-refractivity contribution in [2.45, 2.75) is 26.7 Å². The molecule has 1 N–H and O–H groups in total. The number of nitrogens with zero attached hydrogens (tertiary/aromatic N) is 1. The lowest BCUT2D eigenvalue weighted by Crippen LogP contribution is -2.40. The number of rotatable bonds is 4. The first-order chi connectivity index (χ1) is 10.7. The number of carbonyl (C=O) groups is 1. The maximum Gasteiger partial charge on any atom is 0.227 e. The van der Waals surface area contributed by atoms with Crippen molar-refractivity contribution < 1.29 is 17.9 Å². The Labute approximate surface area is 137 Å². The van der Waals surface area contributed by atoms with Crippen molar-refractivity contribution in [3.63, 3.8) is 0 Å². The van der Waals surface area contributed by atoms with Crippen LogP contribution in [0.5, 0.6) is 5.75 Å². The van der Waals surface area contributed by atoms with Crippen LogP contribution in [0.4, 0.5) is 5.69 Å². The Hall–Kier alpha value is -1.60. The summed E-state index contributed by atoms with van der Waals surface area (Å²) in [7, 11) is -1.59. The van der Waals surface area contributed by atoms with Crippen molar-refractivity contribution in [1.29, 1.82) is 0 Å². The molecule has 128 valence electrons. The molecule has 0 bridgehead atoms. The fourth-order valence-corrected chi connectivity index (χ4v) is 3.88. The Bertz CT molecular complexity index is 692. The number of piperidine rings is 1. The van der Waals surface area contributed by atoms with Crippen LogP contribution in [0.2, 0.25) is 0 Å². The lowest BCUT2D eigenvalue weighted by Gasteiger charge is -2.29. The highest BCUT2D eigenvalue weighted by Gasteiger charge is 2.29. The van der Waals surface area contributed by atoms with Gasteiger partial charge in [-0.25, -0.2) is 12.7 Å². The molecule has 1 aliphatic heterocycles. The second-order valence-electron chi connectivity index (χ2n) is 6.09. The minimum Gasteiger partial charge on any atom is -0.494 e. The average molecular weight is 340 g/mol. The third-order valence-corrected chi connectivity index (χ3v) is 5.48. The Balaban J connectivity index is 2.07. The van der Waals surface area contributed by atoms with E-state index in [1.54, 1.807) is 7.11 Å². The molecule has 2 rings (SSSR count). The molecule has 1 fully saturated rings. The molecule has 1 heterocycles. The summed E-state index contributed by atoms with van der Waals surface area (Å²) in [5, 5.41) is 2.93. The number of carbonyl (C=O) groups excluding carboxylic acids is 1. The van der Waals surface area contributed by atoms with Crippen molar-refractivity contribution >= 4 is 21.6 Å². The zero-order chi connectivity index (χ0) is 17.2. The normalized spacial score (nSPS) is 17.0. The maximum absolute atomic E-state index is 12.5. The molecule has 0 saturated carbocycles. The van der Waals surface area contributed by atoms with Crippen molar-refractivity contribution in [1.82, 2.24) is 4.31 Å². The van der Waals surface area contributed by atoms with Crippen LogP contribution < -0.4 is 10.1 Å². The number of hydrogen-bond acceptors (Lipinski definition) is 4. The summed E-state index contributed by atoms with van der Waals surface area (Å²) in [4.78, 5) is 12.5. The van der Waals surface area contributed by atoms with E-state index in [4.69, 9.17) is 4.74 Å². The number of sulfonamides is 1. The van der Waals surface area contributed by atoms with Crippen LogP contribution >= 0.6 is 0 Å². The highest BCUT2D eigenvalue weighted by molar-refractivity contribution is 7.88. The van der Waals surface area contributed by atoms with E-state index >= 15 is 0 Å². The van der Waals surface area contributed by atoms with Gasteiger partial charge in [-0.05, 0) is 43.9 Å². The molecule has 7 heteroatoms. The van der Waals surface area contributed by atoms with Crippen LogP contribution in [0.25, 0.3) is 0 Å². The molecule has 1 aromatic rings. The van der Waals surface area contributed by atoms with Crippen LogP contribution in [0.15, 0.2) is 12.1 Å². The predicted molar refractivity (Wildman–Crippen MR) is 90.2 cm³/mol. The molecule has 1 aliphatic rings. The third-order valence-electron chi connectivity index (χ3n) is 4.17. The van der Waals surface area contributed by atoms with Gasteiger partial charge in [-0.3, -0.25) is 4.79 Å². The molecule has 1 saturated heterocycles. The Morgan fingerprint density at radius 1 is 1.26 bits per heavy atom. The SMILES string of the molecule is COc1c(C)cc(C)cc1NC(=O)C1CCN(S(C)(=O)=O)CC1. The molecule has 0 radical (unpaired) electrons. The third kappa shape index (κ3) is 4.23. The number of anilines is 1. The minimum absolute atomic E-state index is 0.0820. The lowest BCUT2D eigenvalue weighted by atomic mass is 9.97. The van der Waals surface area contributed by atoms with Gasteiger partial charge in [-0.1, -0.05) is 6.07 Å². The summed E-state index contributed by atoms with van der Waals surface area (Å²) < 4.78 is 29.8. The highest BCUT2D eigenvalue weighted by Crippen LogP contribution is 2.31. The molecule has 0 unspecified atom stereocenters. The topological polar surface area (TPSA) is 75.7 Å². The largest absolute Gasteiger partial charge is 0.494 e. The van der Waals surface area contributed by atoms with E-state index in [1.807, 2.05) is 26.0 Å². The van der Waals surface area contributed by atoms with Gasteiger partial charge in [0.05, 0.1) is 19.1 Å². The Morgan fingerprint density at radius 2 is 1.87 bits per heavy atom. The van der Waals surface area contributed by atoms with Gasteiger partial charge < -0.3 is 10.1 Å². The van der Waals surface area contributed by atoms with E-state index in [0.29, 0.717) is 37.4 Å². The van der Waals surface area contributed by atoms with Gasteiger partial charge in [0, 0.05) is 19.0 Å². The van der Waals surface area contributed by atoms with Crippen molar-refractivity contribution in [2.24, 2.45) is 5.92 Å². The zero-order valence-corrected chi connectivity index (χ0v) is 14.9. The molecule has 1 aromatic carbocycles. The van der Waals surface area contributed by atoms with E-state index in [1.165, 1.54) is 10.6 Å². The van der Waals surface area contributed by atoms with Crippen molar-refractivity contribution in [3.05, 3.63) is 23.3 Å². The van der Waals surface area contributed by atoms with Gasteiger partial charge in [0.2, 0.25) is 15.9 Å². The summed E-state index contributed by atoms with van der Waals surface area (Å²) in [5.41, 5.74) is 2.68. The van der Waals surface area contributed by atoms with Gasteiger partial charge in [-0.2, -0.15) is 0 Å². The zero-order valence-electron chi connectivity index (χ0n) is 14.0. The maximum atomic E-state index is 12.5. The number of benzene rings is 1. The summed E-state index contributed by atoms with van der Waals surface area (Å²) in [6.45, 7) is 4.68. The second kappa shape index (κ2) is 6.88. The predicted octanol–water partition coefficient (Wildman–Crippen LogP) is 1.92. The molecule has 0 spiro atoms. The summed E-state index contributed by atoms with van der Waals surface area (Å²) in [6, 6.07) is 3.88. The van der Waals surface area contributed by atoms with Crippen molar-refractivity contribution in [3.8, 4) is 5.75 Å². The fourth-order valence-electron chi connectivity index (χ4n) is 3.00. The highest BCUT2D eigenvalue weighted by atomic mass is 32.2. The van der Waals surface area contributed by atoms with E-state index in [-0.39, 0.29) is 11.8 Å². The van der Waals surface area contributed by atoms with Gasteiger partial charge in [0.1, 0.15) is 5.75 Å². The van der Waals surface area contributed by atoms with Crippen LogP contribution in [0, 0.1) is 19.8 Å².